The van der Waals surface area contributed by atoms with Gasteiger partial charge in [0.25, 0.3) is 5.56 Å². The molecule has 0 unspecified atom stereocenters. The first-order valence-electron chi connectivity index (χ1n) is 4.41. The van der Waals surface area contributed by atoms with Crippen LogP contribution < -0.4 is 17.0 Å². The van der Waals surface area contributed by atoms with Gasteiger partial charge in [-0.1, -0.05) is 0 Å². The molecule has 0 aromatic carbocycles. The summed E-state index contributed by atoms with van der Waals surface area (Å²) >= 11 is 0. The normalized spacial score (nSPS) is 10.4. The SMILES string of the molecule is Cl.Cn1c(=O)c2[nH]c(CN)nc2n(C)c1=O. The molecule has 0 atom stereocenters. The minimum absolute atomic E-state index is 0. The highest BCUT2D eigenvalue weighted by atomic mass is 35.5. The lowest BCUT2D eigenvalue weighted by Gasteiger charge is -2.00. The molecule has 3 N–H and O–H groups in total. The van der Waals surface area contributed by atoms with Gasteiger partial charge < -0.3 is 10.7 Å². The van der Waals surface area contributed by atoms with Crippen LogP contribution in [-0.4, -0.2) is 19.1 Å². The third-order valence-corrected chi connectivity index (χ3v) is 2.34. The zero-order chi connectivity index (χ0) is 11.2. The first-order chi connectivity index (χ1) is 7.06. The molecule has 2 rings (SSSR count). The number of aryl methyl sites for hydroxylation is 1. The second-order valence-electron chi connectivity index (χ2n) is 3.29. The Bertz CT molecular complexity index is 638. The number of nitrogens with two attached hydrogens (primary N) is 1. The van der Waals surface area contributed by atoms with E-state index in [0.717, 1.165) is 4.57 Å². The molecule has 0 aliphatic rings. The van der Waals surface area contributed by atoms with Crippen LogP contribution in [0.15, 0.2) is 9.59 Å². The molecule has 0 aliphatic heterocycles. The van der Waals surface area contributed by atoms with Crippen molar-refractivity contribution in [3.8, 4) is 0 Å². The molecule has 0 aliphatic carbocycles. The van der Waals surface area contributed by atoms with Gasteiger partial charge in [-0.15, -0.1) is 12.4 Å². The van der Waals surface area contributed by atoms with E-state index in [-0.39, 0.29) is 24.5 Å². The number of aromatic amines is 1. The van der Waals surface area contributed by atoms with Crippen molar-refractivity contribution < 1.29 is 0 Å². The Hall–Kier alpha value is -1.60. The highest BCUT2D eigenvalue weighted by Crippen LogP contribution is 2.02. The minimum atomic E-state index is -0.400. The maximum Gasteiger partial charge on any atom is 0.332 e. The molecule has 8 heteroatoms. The Balaban J connectivity index is 0.00000128. The zero-order valence-corrected chi connectivity index (χ0v) is 9.67. The van der Waals surface area contributed by atoms with E-state index < -0.39 is 5.69 Å². The van der Waals surface area contributed by atoms with Crippen LogP contribution in [0.3, 0.4) is 0 Å². The quantitative estimate of drug-likeness (QED) is 0.662. The molecule has 0 spiro atoms. The first-order valence-corrected chi connectivity index (χ1v) is 4.41. The maximum atomic E-state index is 11.7. The largest absolute Gasteiger partial charge is 0.335 e. The number of hydrogen-bond acceptors (Lipinski definition) is 4. The molecule has 16 heavy (non-hydrogen) atoms. The van der Waals surface area contributed by atoms with Crippen LogP contribution in [0.4, 0.5) is 0 Å². The van der Waals surface area contributed by atoms with Gasteiger partial charge in [0.2, 0.25) is 0 Å². The highest BCUT2D eigenvalue weighted by Gasteiger charge is 2.12. The van der Waals surface area contributed by atoms with Gasteiger partial charge in [0.1, 0.15) is 11.3 Å². The number of nitrogens with one attached hydrogen (secondary N) is 1. The molecule has 2 aromatic heterocycles. The molecule has 0 amide bonds. The van der Waals surface area contributed by atoms with E-state index in [0.29, 0.717) is 17.0 Å². The van der Waals surface area contributed by atoms with Crippen molar-refractivity contribution in [1.29, 1.82) is 0 Å². The summed E-state index contributed by atoms with van der Waals surface area (Å²) in [5, 5.41) is 0. The third-order valence-electron chi connectivity index (χ3n) is 2.34. The van der Waals surface area contributed by atoms with Crippen molar-refractivity contribution in [3.63, 3.8) is 0 Å². The fraction of sp³-hybridized carbons (Fsp3) is 0.375. The smallest absolute Gasteiger partial charge is 0.332 e. The summed E-state index contributed by atoms with van der Waals surface area (Å²) in [6, 6.07) is 0. The Kier molecular flexibility index (Phi) is 3.20. The number of fused-ring (bicyclic) bond motifs is 1. The lowest BCUT2D eigenvalue weighted by atomic mass is 10.5. The van der Waals surface area contributed by atoms with Crippen LogP contribution in [-0.2, 0) is 20.6 Å². The number of hydrogen-bond donors (Lipinski definition) is 2. The first kappa shape index (κ1) is 12.5. The summed E-state index contributed by atoms with van der Waals surface area (Å²) in [6.07, 6.45) is 0. The fourth-order valence-corrected chi connectivity index (χ4v) is 1.47. The number of halogens is 1. The number of H-pyrrole nitrogens is 1. The third kappa shape index (κ3) is 1.54. The van der Waals surface area contributed by atoms with Crippen molar-refractivity contribution in [2.45, 2.75) is 6.54 Å². The molecule has 0 bridgehead atoms. The monoisotopic (exact) mass is 245 g/mol. The maximum absolute atomic E-state index is 11.7. The van der Waals surface area contributed by atoms with Crippen LogP contribution in [0.2, 0.25) is 0 Å². The van der Waals surface area contributed by atoms with Gasteiger partial charge in [-0.3, -0.25) is 13.9 Å². The Morgan fingerprint density at radius 3 is 2.50 bits per heavy atom. The van der Waals surface area contributed by atoms with E-state index >= 15 is 0 Å². The van der Waals surface area contributed by atoms with Gasteiger partial charge in [0.05, 0.1) is 6.54 Å². The van der Waals surface area contributed by atoms with E-state index in [2.05, 4.69) is 9.97 Å². The number of nitrogens with zero attached hydrogens (tertiary/aromatic N) is 3. The van der Waals surface area contributed by atoms with Crippen molar-refractivity contribution in [1.82, 2.24) is 19.1 Å². The van der Waals surface area contributed by atoms with Gasteiger partial charge in [-0.25, -0.2) is 9.78 Å². The minimum Gasteiger partial charge on any atom is -0.335 e. The molecule has 88 valence electrons. The van der Waals surface area contributed by atoms with Gasteiger partial charge >= 0.3 is 5.69 Å². The highest BCUT2D eigenvalue weighted by molar-refractivity contribution is 5.85. The van der Waals surface area contributed by atoms with Crippen LogP contribution in [0.1, 0.15) is 5.82 Å². The summed E-state index contributed by atoms with van der Waals surface area (Å²) in [6.45, 7) is 0.200. The van der Waals surface area contributed by atoms with Crippen LogP contribution in [0.25, 0.3) is 11.2 Å². The fourth-order valence-electron chi connectivity index (χ4n) is 1.47. The van der Waals surface area contributed by atoms with E-state index in [1.54, 1.807) is 7.05 Å². The molecule has 7 nitrogen and oxygen atoms in total. The van der Waals surface area contributed by atoms with Crippen LogP contribution >= 0.6 is 12.4 Å². The van der Waals surface area contributed by atoms with Gasteiger partial charge in [-0.05, 0) is 0 Å². The van der Waals surface area contributed by atoms with Gasteiger partial charge in [0.15, 0.2) is 5.65 Å². The van der Waals surface area contributed by atoms with E-state index in [1.807, 2.05) is 0 Å². The summed E-state index contributed by atoms with van der Waals surface area (Å²) in [5.41, 5.74) is 5.25. The molecular weight excluding hydrogens is 234 g/mol. The molecule has 0 fully saturated rings. The van der Waals surface area contributed by atoms with Crippen LogP contribution in [0, 0.1) is 0 Å². The summed E-state index contributed by atoms with van der Waals surface area (Å²) in [4.78, 5) is 30.1. The van der Waals surface area contributed by atoms with E-state index in [9.17, 15) is 9.59 Å². The number of aromatic nitrogens is 4. The zero-order valence-electron chi connectivity index (χ0n) is 8.85. The molecule has 2 aromatic rings. The lowest BCUT2D eigenvalue weighted by molar-refractivity contribution is 0.708. The summed E-state index contributed by atoms with van der Waals surface area (Å²) in [5.74, 6) is 0.489. The standard InChI is InChI=1S/C8H11N5O2.ClH/c1-12-6-5(10-4(3-9)11-6)7(14)13(2)8(12)15;/h3,9H2,1-2H3,(H,10,11);1H. The lowest BCUT2D eigenvalue weighted by Crippen LogP contribution is -2.36. The number of rotatable bonds is 1. The summed E-state index contributed by atoms with van der Waals surface area (Å²) < 4.78 is 2.34. The number of imidazole rings is 1. The van der Waals surface area contributed by atoms with Crippen LogP contribution in [0.5, 0.6) is 0 Å². The molecule has 2 heterocycles. The average molecular weight is 246 g/mol. The molecule has 0 saturated carbocycles. The molecule has 0 radical (unpaired) electrons. The second-order valence-corrected chi connectivity index (χ2v) is 3.29. The summed E-state index contributed by atoms with van der Waals surface area (Å²) in [7, 11) is 2.98. The van der Waals surface area contributed by atoms with Gasteiger partial charge in [-0.2, -0.15) is 0 Å². The van der Waals surface area contributed by atoms with Crippen molar-refractivity contribution in [2.24, 2.45) is 19.8 Å². The second kappa shape index (κ2) is 4.11. The Morgan fingerprint density at radius 1 is 1.31 bits per heavy atom. The van der Waals surface area contributed by atoms with Crippen molar-refractivity contribution in [3.05, 3.63) is 26.7 Å². The van der Waals surface area contributed by atoms with Gasteiger partial charge in [0, 0.05) is 14.1 Å². The van der Waals surface area contributed by atoms with Crippen molar-refractivity contribution in [2.75, 3.05) is 0 Å². The van der Waals surface area contributed by atoms with E-state index in [1.165, 1.54) is 11.6 Å². The predicted molar refractivity (Wildman–Crippen MR) is 61.7 cm³/mol. The Labute approximate surface area is 96.3 Å². The average Bonchev–Trinajstić information content (AvgIpc) is 2.67. The topological polar surface area (TPSA) is 98.7 Å². The van der Waals surface area contributed by atoms with Crippen molar-refractivity contribution >= 4 is 23.6 Å². The Morgan fingerprint density at radius 2 is 1.94 bits per heavy atom. The van der Waals surface area contributed by atoms with E-state index in [4.69, 9.17) is 5.73 Å². The molecule has 0 saturated heterocycles. The molecular formula is C8H12ClN5O2. The predicted octanol–water partition coefficient (Wildman–Crippen LogP) is -1.16.